The normalized spacial score (nSPS) is 12.5. The molecule has 0 fully saturated rings. The molecule has 4 heteroatoms. The number of aliphatic hydroxyl groups excluding tert-OH is 1. The van der Waals surface area contributed by atoms with Crippen LogP contribution in [0, 0.1) is 13.8 Å². The highest BCUT2D eigenvalue weighted by molar-refractivity contribution is 9.10. The van der Waals surface area contributed by atoms with Crippen molar-refractivity contribution in [1.29, 1.82) is 0 Å². The molecule has 0 saturated heterocycles. The third-order valence-electron chi connectivity index (χ3n) is 2.94. The molecule has 1 atom stereocenters. The number of hydrogen-bond donors (Lipinski definition) is 1. The van der Waals surface area contributed by atoms with Gasteiger partial charge in [0.1, 0.15) is 23.4 Å². The molecule has 0 saturated carbocycles. The van der Waals surface area contributed by atoms with E-state index in [0.717, 1.165) is 27.1 Å². The Morgan fingerprint density at radius 2 is 2.00 bits per heavy atom. The predicted molar refractivity (Wildman–Crippen MR) is 77.6 cm³/mol. The molecule has 1 heterocycles. The molecular weight excluding hydrogens is 308 g/mol. The van der Waals surface area contributed by atoms with Gasteiger partial charge in [-0.2, -0.15) is 0 Å². The lowest BCUT2D eigenvalue weighted by molar-refractivity contribution is 0.209. The first kappa shape index (κ1) is 14.2. The predicted octanol–water partition coefficient (Wildman–Crippen LogP) is 4.14. The average Bonchev–Trinajstić information content (AvgIpc) is 2.70. The maximum atomic E-state index is 10.6. The number of hydrogen-bond acceptors (Lipinski definition) is 3. The van der Waals surface area contributed by atoms with Crippen molar-refractivity contribution in [2.45, 2.75) is 26.9 Å². The lowest BCUT2D eigenvalue weighted by Gasteiger charge is -2.15. The van der Waals surface area contributed by atoms with Crippen LogP contribution in [-0.2, 0) is 0 Å². The summed E-state index contributed by atoms with van der Waals surface area (Å²) < 4.78 is 11.9. The maximum Gasteiger partial charge on any atom is 0.125 e. The minimum absolute atomic E-state index is 0.560. The van der Waals surface area contributed by atoms with Gasteiger partial charge in [0.05, 0.1) is 6.61 Å². The first-order chi connectivity index (χ1) is 9.02. The molecule has 19 heavy (non-hydrogen) atoms. The summed E-state index contributed by atoms with van der Waals surface area (Å²) in [5.41, 5.74) is 1.51. The SMILES string of the molecule is CCOc1ccc(Br)cc1C(O)c1cc(C)oc1C. The van der Waals surface area contributed by atoms with Gasteiger partial charge in [-0.1, -0.05) is 15.9 Å². The van der Waals surface area contributed by atoms with Crippen LogP contribution in [0.2, 0.25) is 0 Å². The molecule has 0 radical (unpaired) electrons. The highest BCUT2D eigenvalue weighted by Crippen LogP contribution is 2.34. The minimum atomic E-state index is -0.753. The first-order valence-corrected chi connectivity index (χ1v) is 6.99. The highest BCUT2D eigenvalue weighted by Gasteiger charge is 2.20. The molecule has 1 aromatic heterocycles. The molecule has 0 bridgehead atoms. The third kappa shape index (κ3) is 3.01. The Kier molecular flexibility index (Phi) is 4.32. The van der Waals surface area contributed by atoms with Crippen LogP contribution in [0.5, 0.6) is 5.75 Å². The van der Waals surface area contributed by atoms with Crippen molar-refractivity contribution in [2.24, 2.45) is 0 Å². The fourth-order valence-electron chi connectivity index (χ4n) is 2.11. The van der Waals surface area contributed by atoms with E-state index in [1.54, 1.807) is 0 Å². The molecule has 2 aromatic rings. The van der Waals surface area contributed by atoms with E-state index >= 15 is 0 Å². The second-order valence-electron chi connectivity index (χ2n) is 4.39. The maximum absolute atomic E-state index is 10.6. The van der Waals surface area contributed by atoms with Crippen LogP contribution >= 0.6 is 15.9 Å². The van der Waals surface area contributed by atoms with E-state index in [0.29, 0.717) is 12.4 Å². The fraction of sp³-hybridized carbons (Fsp3) is 0.333. The van der Waals surface area contributed by atoms with E-state index in [-0.39, 0.29) is 0 Å². The molecule has 1 aromatic carbocycles. The van der Waals surface area contributed by atoms with Crippen LogP contribution < -0.4 is 4.74 Å². The summed E-state index contributed by atoms with van der Waals surface area (Å²) in [5, 5.41) is 10.6. The van der Waals surface area contributed by atoms with Crippen molar-refractivity contribution in [1.82, 2.24) is 0 Å². The molecule has 1 N–H and O–H groups in total. The number of ether oxygens (including phenoxy) is 1. The van der Waals surface area contributed by atoms with Crippen molar-refractivity contribution in [2.75, 3.05) is 6.61 Å². The van der Waals surface area contributed by atoms with Crippen LogP contribution in [0.3, 0.4) is 0 Å². The number of halogens is 1. The summed E-state index contributed by atoms with van der Waals surface area (Å²) in [6.45, 7) is 6.20. The highest BCUT2D eigenvalue weighted by atomic mass is 79.9. The summed E-state index contributed by atoms with van der Waals surface area (Å²) in [6.07, 6.45) is -0.753. The van der Waals surface area contributed by atoms with Gasteiger partial charge in [-0.05, 0) is 45.0 Å². The van der Waals surface area contributed by atoms with Crippen LogP contribution in [0.1, 0.15) is 35.7 Å². The van der Waals surface area contributed by atoms with Gasteiger partial charge in [-0.15, -0.1) is 0 Å². The topological polar surface area (TPSA) is 42.6 Å². The summed E-state index contributed by atoms with van der Waals surface area (Å²) in [6, 6.07) is 7.48. The Hall–Kier alpha value is -1.26. The molecule has 0 aliphatic heterocycles. The van der Waals surface area contributed by atoms with E-state index in [9.17, 15) is 5.11 Å². The second-order valence-corrected chi connectivity index (χ2v) is 5.30. The third-order valence-corrected chi connectivity index (χ3v) is 3.43. The van der Waals surface area contributed by atoms with Crippen molar-refractivity contribution >= 4 is 15.9 Å². The summed E-state index contributed by atoms with van der Waals surface area (Å²) in [7, 11) is 0. The Morgan fingerprint density at radius 3 is 2.58 bits per heavy atom. The molecule has 1 unspecified atom stereocenters. The molecule has 102 valence electrons. The largest absolute Gasteiger partial charge is 0.493 e. The monoisotopic (exact) mass is 324 g/mol. The van der Waals surface area contributed by atoms with Gasteiger partial charge in [0.15, 0.2) is 0 Å². The molecule has 3 nitrogen and oxygen atoms in total. The molecule has 0 aliphatic rings. The van der Waals surface area contributed by atoms with Crippen molar-refractivity contribution in [3.05, 3.63) is 51.4 Å². The zero-order valence-corrected chi connectivity index (χ0v) is 12.8. The Labute approximate surface area is 121 Å². The van der Waals surface area contributed by atoms with Crippen LogP contribution in [0.4, 0.5) is 0 Å². The van der Waals surface area contributed by atoms with Crippen LogP contribution in [0.25, 0.3) is 0 Å². The number of furan rings is 1. The lowest BCUT2D eigenvalue weighted by atomic mass is 10.0. The zero-order chi connectivity index (χ0) is 14.0. The fourth-order valence-corrected chi connectivity index (χ4v) is 2.49. The summed E-state index contributed by atoms with van der Waals surface area (Å²) in [4.78, 5) is 0. The smallest absolute Gasteiger partial charge is 0.125 e. The van der Waals surface area contributed by atoms with Gasteiger partial charge < -0.3 is 14.3 Å². The number of rotatable bonds is 4. The molecule has 2 rings (SSSR count). The Balaban J connectivity index is 2.45. The van der Waals surface area contributed by atoms with Crippen LogP contribution in [0.15, 0.2) is 33.2 Å². The minimum Gasteiger partial charge on any atom is -0.493 e. The van der Waals surface area contributed by atoms with Gasteiger partial charge in [-0.3, -0.25) is 0 Å². The van der Waals surface area contributed by atoms with Gasteiger partial charge in [-0.25, -0.2) is 0 Å². The van der Waals surface area contributed by atoms with Gasteiger partial charge in [0.2, 0.25) is 0 Å². The standard InChI is InChI=1S/C15H17BrO3/c1-4-18-14-6-5-11(16)8-13(14)15(17)12-7-9(2)19-10(12)3/h5-8,15,17H,4H2,1-3H3. The van der Waals surface area contributed by atoms with E-state index in [4.69, 9.17) is 9.15 Å². The van der Waals surface area contributed by atoms with E-state index in [1.165, 1.54) is 0 Å². The van der Waals surface area contributed by atoms with Gasteiger partial charge in [0, 0.05) is 15.6 Å². The van der Waals surface area contributed by atoms with Crippen molar-refractivity contribution < 1.29 is 14.3 Å². The quantitative estimate of drug-likeness (QED) is 0.919. The Morgan fingerprint density at radius 1 is 1.26 bits per heavy atom. The van der Waals surface area contributed by atoms with Gasteiger partial charge >= 0.3 is 0 Å². The van der Waals surface area contributed by atoms with E-state index < -0.39 is 6.10 Å². The molecular formula is C15H17BrO3. The van der Waals surface area contributed by atoms with E-state index in [2.05, 4.69) is 15.9 Å². The number of benzene rings is 1. The van der Waals surface area contributed by atoms with Crippen LogP contribution in [-0.4, -0.2) is 11.7 Å². The van der Waals surface area contributed by atoms with Crippen molar-refractivity contribution in [3.8, 4) is 5.75 Å². The second kappa shape index (κ2) is 5.80. The van der Waals surface area contributed by atoms with Crippen molar-refractivity contribution in [3.63, 3.8) is 0 Å². The Bertz CT molecular complexity index is 575. The first-order valence-electron chi connectivity index (χ1n) is 6.20. The zero-order valence-electron chi connectivity index (χ0n) is 11.2. The van der Waals surface area contributed by atoms with E-state index in [1.807, 2.05) is 45.0 Å². The van der Waals surface area contributed by atoms with Gasteiger partial charge in [0.25, 0.3) is 0 Å². The average molecular weight is 325 g/mol. The lowest BCUT2D eigenvalue weighted by Crippen LogP contribution is -2.04. The molecule has 0 aliphatic carbocycles. The molecule has 0 spiro atoms. The molecule has 0 amide bonds. The summed E-state index contributed by atoms with van der Waals surface area (Å²) in [5.74, 6) is 2.21. The summed E-state index contributed by atoms with van der Waals surface area (Å²) >= 11 is 3.42. The number of aryl methyl sites for hydroxylation is 2. The number of aliphatic hydroxyl groups is 1.